The van der Waals surface area contributed by atoms with Crippen molar-refractivity contribution in [1.29, 1.82) is 0 Å². The molecule has 1 heterocycles. The molecule has 0 aliphatic carbocycles. The van der Waals surface area contributed by atoms with Gasteiger partial charge >= 0.3 is 0 Å². The Kier molecular flexibility index (Phi) is 2.47. The van der Waals surface area contributed by atoms with E-state index in [0.29, 0.717) is 11.4 Å². The van der Waals surface area contributed by atoms with Crippen LogP contribution in [0.5, 0.6) is 0 Å². The predicted molar refractivity (Wildman–Crippen MR) is 59.4 cm³/mol. The molecule has 0 fully saturated rings. The first-order valence-electron chi connectivity index (χ1n) is 5.24. The second-order valence-electron chi connectivity index (χ2n) is 4.05. The first-order valence-corrected chi connectivity index (χ1v) is 5.24. The van der Waals surface area contributed by atoms with Crippen LogP contribution in [0.25, 0.3) is 10.9 Å². The average Bonchev–Trinajstić information content (AvgIpc) is 2.58. The van der Waals surface area contributed by atoms with E-state index in [0.717, 1.165) is 17.4 Å². The Bertz CT molecular complexity index is 488. The normalized spacial score (nSPS) is 13.3. The molecule has 0 radical (unpaired) electrons. The van der Waals surface area contributed by atoms with Gasteiger partial charge in [0.1, 0.15) is 5.52 Å². The van der Waals surface area contributed by atoms with Crippen LogP contribution in [0.2, 0.25) is 0 Å². The maximum absolute atomic E-state index is 13.7. The van der Waals surface area contributed by atoms with Crippen LogP contribution in [-0.2, 0) is 7.05 Å². The zero-order chi connectivity index (χ0) is 11.0. The number of benzene rings is 1. The van der Waals surface area contributed by atoms with E-state index in [2.05, 4.69) is 18.9 Å². The van der Waals surface area contributed by atoms with Crippen LogP contribution >= 0.6 is 0 Å². The van der Waals surface area contributed by atoms with E-state index in [1.54, 1.807) is 10.7 Å². The fourth-order valence-electron chi connectivity index (χ4n) is 1.75. The summed E-state index contributed by atoms with van der Waals surface area (Å²) in [5, 5.41) is 4.96. The summed E-state index contributed by atoms with van der Waals surface area (Å²) in [6.45, 7) is 4.22. The Hall–Kier alpha value is -1.38. The highest BCUT2D eigenvalue weighted by atomic mass is 19.1. The highest BCUT2D eigenvalue weighted by Gasteiger charge is 2.10. The van der Waals surface area contributed by atoms with Crippen LogP contribution < -0.4 is 0 Å². The molecule has 1 unspecified atom stereocenters. The Morgan fingerprint density at radius 3 is 2.87 bits per heavy atom. The van der Waals surface area contributed by atoms with Crippen molar-refractivity contribution in [2.24, 2.45) is 7.05 Å². The summed E-state index contributed by atoms with van der Waals surface area (Å²) in [5.74, 6) is 0.174. The van der Waals surface area contributed by atoms with Gasteiger partial charge in [0.2, 0.25) is 0 Å². The zero-order valence-corrected chi connectivity index (χ0v) is 9.29. The van der Waals surface area contributed by atoms with E-state index in [1.807, 2.05) is 19.3 Å². The molecule has 0 N–H and O–H groups in total. The van der Waals surface area contributed by atoms with E-state index < -0.39 is 0 Å². The molecule has 80 valence electrons. The van der Waals surface area contributed by atoms with Gasteiger partial charge in [-0.3, -0.25) is 4.68 Å². The minimum atomic E-state index is -0.219. The first kappa shape index (κ1) is 10.1. The van der Waals surface area contributed by atoms with Gasteiger partial charge in [-0.05, 0) is 30.0 Å². The van der Waals surface area contributed by atoms with E-state index in [-0.39, 0.29) is 5.82 Å². The maximum atomic E-state index is 13.7. The van der Waals surface area contributed by atoms with Crippen molar-refractivity contribution < 1.29 is 4.39 Å². The second-order valence-corrected chi connectivity index (χ2v) is 4.05. The quantitative estimate of drug-likeness (QED) is 0.737. The molecule has 1 atom stereocenters. The third kappa shape index (κ3) is 1.74. The summed E-state index contributed by atoms with van der Waals surface area (Å²) in [7, 11) is 1.81. The Labute approximate surface area is 88.7 Å². The third-order valence-electron chi connectivity index (χ3n) is 2.88. The second kappa shape index (κ2) is 3.65. The number of hydrogen-bond donors (Lipinski definition) is 0. The lowest BCUT2D eigenvalue weighted by molar-refractivity contribution is 0.625. The Morgan fingerprint density at radius 1 is 1.47 bits per heavy atom. The van der Waals surface area contributed by atoms with Crippen molar-refractivity contribution >= 4 is 10.9 Å². The van der Waals surface area contributed by atoms with E-state index in [1.165, 1.54) is 0 Å². The largest absolute Gasteiger partial charge is 0.274 e. The van der Waals surface area contributed by atoms with Crippen molar-refractivity contribution in [2.75, 3.05) is 0 Å². The van der Waals surface area contributed by atoms with Gasteiger partial charge in [-0.2, -0.15) is 5.10 Å². The standard InChI is InChI=1S/C12H15FN2/c1-4-8(2)9-5-10-7-15(3)14-12(10)11(13)6-9/h5-8H,4H2,1-3H3. The molecule has 2 rings (SSSR count). The topological polar surface area (TPSA) is 17.8 Å². The summed E-state index contributed by atoms with van der Waals surface area (Å²) in [6, 6.07) is 3.63. The van der Waals surface area contributed by atoms with Crippen molar-refractivity contribution in [1.82, 2.24) is 9.78 Å². The van der Waals surface area contributed by atoms with Gasteiger partial charge in [0.25, 0.3) is 0 Å². The lowest BCUT2D eigenvalue weighted by atomic mass is 9.97. The lowest BCUT2D eigenvalue weighted by Gasteiger charge is -2.08. The number of rotatable bonds is 2. The number of halogens is 1. The molecule has 0 saturated carbocycles. The molecule has 1 aromatic carbocycles. The number of aryl methyl sites for hydroxylation is 1. The van der Waals surface area contributed by atoms with Crippen LogP contribution in [0.1, 0.15) is 31.7 Å². The van der Waals surface area contributed by atoms with Crippen LogP contribution in [0.3, 0.4) is 0 Å². The van der Waals surface area contributed by atoms with Gasteiger partial charge in [0.05, 0.1) is 0 Å². The fraction of sp³-hybridized carbons (Fsp3) is 0.417. The highest BCUT2D eigenvalue weighted by molar-refractivity contribution is 5.79. The van der Waals surface area contributed by atoms with Gasteiger partial charge in [-0.15, -0.1) is 0 Å². The molecule has 2 nitrogen and oxygen atoms in total. The minimum absolute atomic E-state index is 0.219. The van der Waals surface area contributed by atoms with Gasteiger partial charge in [-0.1, -0.05) is 13.8 Å². The summed E-state index contributed by atoms with van der Waals surface area (Å²) in [5.41, 5.74) is 1.51. The lowest BCUT2D eigenvalue weighted by Crippen LogP contribution is -1.93. The van der Waals surface area contributed by atoms with Crippen LogP contribution in [0, 0.1) is 5.82 Å². The fourth-order valence-corrected chi connectivity index (χ4v) is 1.75. The summed E-state index contributed by atoms with van der Waals surface area (Å²) in [6.07, 6.45) is 2.87. The van der Waals surface area contributed by atoms with Crippen molar-refractivity contribution in [3.05, 3.63) is 29.7 Å². The molecular weight excluding hydrogens is 191 g/mol. The van der Waals surface area contributed by atoms with Gasteiger partial charge in [0, 0.05) is 18.6 Å². The molecule has 0 aliphatic heterocycles. The number of hydrogen-bond acceptors (Lipinski definition) is 1. The molecule has 15 heavy (non-hydrogen) atoms. The van der Waals surface area contributed by atoms with Gasteiger partial charge in [-0.25, -0.2) is 4.39 Å². The average molecular weight is 206 g/mol. The molecule has 0 bridgehead atoms. The Morgan fingerprint density at radius 2 is 2.20 bits per heavy atom. The zero-order valence-electron chi connectivity index (χ0n) is 9.29. The molecule has 0 spiro atoms. The van der Waals surface area contributed by atoms with Crippen LogP contribution in [-0.4, -0.2) is 9.78 Å². The van der Waals surface area contributed by atoms with E-state index in [4.69, 9.17) is 0 Å². The number of nitrogens with zero attached hydrogens (tertiary/aromatic N) is 2. The van der Waals surface area contributed by atoms with Crippen LogP contribution in [0.15, 0.2) is 18.3 Å². The van der Waals surface area contributed by atoms with Gasteiger partial charge < -0.3 is 0 Å². The third-order valence-corrected chi connectivity index (χ3v) is 2.88. The van der Waals surface area contributed by atoms with Crippen molar-refractivity contribution in [2.45, 2.75) is 26.2 Å². The smallest absolute Gasteiger partial charge is 0.151 e. The monoisotopic (exact) mass is 206 g/mol. The highest BCUT2D eigenvalue weighted by Crippen LogP contribution is 2.25. The summed E-state index contributed by atoms with van der Waals surface area (Å²) >= 11 is 0. The molecule has 0 saturated heterocycles. The summed E-state index contributed by atoms with van der Waals surface area (Å²) < 4.78 is 15.3. The van der Waals surface area contributed by atoms with Gasteiger partial charge in [0.15, 0.2) is 5.82 Å². The maximum Gasteiger partial charge on any atom is 0.151 e. The van der Waals surface area contributed by atoms with E-state index >= 15 is 0 Å². The first-order chi connectivity index (χ1) is 7.11. The molecular formula is C12H15FN2. The number of fused-ring (bicyclic) bond motifs is 1. The van der Waals surface area contributed by atoms with E-state index in [9.17, 15) is 4.39 Å². The molecule has 3 heteroatoms. The minimum Gasteiger partial charge on any atom is -0.274 e. The molecule has 0 amide bonds. The predicted octanol–water partition coefficient (Wildman–Crippen LogP) is 3.23. The van der Waals surface area contributed by atoms with Crippen molar-refractivity contribution in [3.63, 3.8) is 0 Å². The van der Waals surface area contributed by atoms with Crippen molar-refractivity contribution in [3.8, 4) is 0 Å². The Balaban J connectivity index is 2.61. The molecule has 0 aliphatic rings. The van der Waals surface area contributed by atoms with Crippen LogP contribution in [0.4, 0.5) is 4.39 Å². The summed E-state index contributed by atoms with van der Waals surface area (Å²) in [4.78, 5) is 0. The molecule has 1 aromatic heterocycles. The SMILES string of the molecule is CCC(C)c1cc(F)c2nn(C)cc2c1. The number of aromatic nitrogens is 2. The molecule has 2 aromatic rings.